The maximum Gasteiger partial charge on any atom is 0.242 e. The zero-order valence-corrected chi connectivity index (χ0v) is 18.9. The number of tetrazole rings is 1. The minimum atomic E-state index is -0.722. The van der Waals surface area contributed by atoms with Crippen LogP contribution in [0.5, 0.6) is 0 Å². The third kappa shape index (κ3) is 3.28. The molecule has 3 N–H and O–H groups in total. The van der Waals surface area contributed by atoms with Gasteiger partial charge in [-0.1, -0.05) is 18.2 Å². The molecule has 2 amide bonds. The van der Waals surface area contributed by atoms with E-state index in [9.17, 15) is 14.9 Å². The van der Waals surface area contributed by atoms with Gasteiger partial charge in [0, 0.05) is 30.7 Å². The quantitative estimate of drug-likeness (QED) is 0.613. The van der Waals surface area contributed by atoms with Gasteiger partial charge in [0.25, 0.3) is 0 Å². The van der Waals surface area contributed by atoms with Crippen molar-refractivity contribution in [3.63, 3.8) is 0 Å². The van der Waals surface area contributed by atoms with Gasteiger partial charge in [-0.15, -0.1) is 10.2 Å². The van der Waals surface area contributed by atoms with E-state index < -0.39 is 6.04 Å². The van der Waals surface area contributed by atoms with Crippen LogP contribution in [0.4, 0.5) is 0 Å². The molecular formula is C23H27N9O2. The number of nitrogens with zero attached hydrogens (tertiary/aromatic N) is 7. The summed E-state index contributed by atoms with van der Waals surface area (Å²) in [5, 5.41) is 23.6. The van der Waals surface area contributed by atoms with Gasteiger partial charge in [-0.05, 0) is 48.9 Å². The Labute approximate surface area is 196 Å². The molecule has 4 heterocycles. The first-order valence-electron chi connectivity index (χ1n) is 11.8. The lowest BCUT2D eigenvalue weighted by atomic mass is 10.0. The lowest BCUT2D eigenvalue weighted by Gasteiger charge is -2.38. The smallest absolute Gasteiger partial charge is 0.242 e. The van der Waals surface area contributed by atoms with Crippen LogP contribution in [0, 0.1) is 17.2 Å². The van der Waals surface area contributed by atoms with E-state index >= 15 is 0 Å². The van der Waals surface area contributed by atoms with Gasteiger partial charge in [-0.25, -0.2) is 0 Å². The highest BCUT2D eigenvalue weighted by atomic mass is 16.2. The van der Waals surface area contributed by atoms with Crippen LogP contribution in [0.25, 0.3) is 11.4 Å². The van der Waals surface area contributed by atoms with E-state index in [4.69, 9.17) is 5.73 Å². The normalized spacial score (nSPS) is 31.4. The molecular weight excluding hydrogens is 434 g/mol. The SMILES string of the molecule is C[C@@H](c1cccc(-c2nn[nH]n2)c1)N1C(=O)[C@H]2C[C@@H]1CN2C[C@H](N)C(=O)N1C2C[C@H]2C[C@H]1C#N. The zero-order chi connectivity index (χ0) is 23.6. The van der Waals surface area contributed by atoms with Crippen LogP contribution in [-0.4, -0.2) is 90.4 Å². The Kier molecular flexibility index (Phi) is 4.89. The molecule has 176 valence electrons. The van der Waals surface area contributed by atoms with Gasteiger partial charge in [-0.2, -0.15) is 10.5 Å². The zero-order valence-electron chi connectivity index (χ0n) is 18.9. The first-order valence-corrected chi connectivity index (χ1v) is 11.8. The molecule has 1 aromatic heterocycles. The third-order valence-corrected chi connectivity index (χ3v) is 7.96. The Morgan fingerprint density at radius 3 is 2.94 bits per heavy atom. The van der Waals surface area contributed by atoms with Crippen molar-refractivity contribution in [2.24, 2.45) is 11.7 Å². The second-order valence-corrected chi connectivity index (χ2v) is 9.94. The number of fused-ring (bicyclic) bond motifs is 3. The Hall–Kier alpha value is -3.36. The lowest BCUT2D eigenvalue weighted by Crippen LogP contribution is -2.57. The van der Waals surface area contributed by atoms with E-state index in [1.807, 2.05) is 36.1 Å². The number of benzene rings is 1. The van der Waals surface area contributed by atoms with Crippen molar-refractivity contribution in [3.8, 4) is 17.5 Å². The van der Waals surface area contributed by atoms with Crippen molar-refractivity contribution in [1.29, 1.82) is 5.26 Å². The van der Waals surface area contributed by atoms with Gasteiger partial charge in [0.05, 0.1) is 24.2 Å². The predicted octanol–water partition coefficient (Wildman–Crippen LogP) is 0.0531. The summed E-state index contributed by atoms with van der Waals surface area (Å²) in [4.78, 5) is 32.1. The second-order valence-electron chi connectivity index (χ2n) is 9.94. The number of hydrogen-bond acceptors (Lipinski definition) is 8. The summed E-state index contributed by atoms with van der Waals surface area (Å²) >= 11 is 0. The van der Waals surface area contributed by atoms with Crippen molar-refractivity contribution in [2.45, 2.75) is 62.4 Å². The number of hydrogen-bond donors (Lipinski definition) is 2. The molecule has 0 radical (unpaired) electrons. The van der Waals surface area contributed by atoms with E-state index in [-0.39, 0.29) is 42.0 Å². The Morgan fingerprint density at radius 1 is 1.35 bits per heavy atom. The highest BCUT2D eigenvalue weighted by Crippen LogP contribution is 2.48. The molecule has 4 fully saturated rings. The maximum atomic E-state index is 13.3. The van der Waals surface area contributed by atoms with E-state index in [0.717, 1.165) is 30.4 Å². The van der Waals surface area contributed by atoms with E-state index in [1.54, 1.807) is 4.90 Å². The minimum absolute atomic E-state index is 0.0756. The van der Waals surface area contributed by atoms with Crippen molar-refractivity contribution in [1.82, 2.24) is 35.3 Å². The van der Waals surface area contributed by atoms with Crippen LogP contribution in [0.1, 0.15) is 37.8 Å². The summed E-state index contributed by atoms with van der Waals surface area (Å²) in [5.41, 5.74) is 8.17. The minimum Gasteiger partial charge on any atom is -0.330 e. The number of carbonyl (C=O) groups is 2. The summed E-state index contributed by atoms with van der Waals surface area (Å²) in [6.07, 6.45) is 2.47. The second kappa shape index (κ2) is 7.85. The van der Waals surface area contributed by atoms with Crippen molar-refractivity contribution in [2.75, 3.05) is 13.1 Å². The largest absolute Gasteiger partial charge is 0.330 e. The molecule has 11 nitrogen and oxygen atoms in total. The van der Waals surface area contributed by atoms with Crippen LogP contribution in [-0.2, 0) is 9.59 Å². The fourth-order valence-electron chi connectivity index (χ4n) is 6.19. The van der Waals surface area contributed by atoms with Crippen LogP contribution in [0.2, 0.25) is 0 Å². The summed E-state index contributed by atoms with van der Waals surface area (Å²) < 4.78 is 0. The average molecular weight is 462 g/mol. The number of nitriles is 1. The number of nitrogens with one attached hydrogen (secondary N) is 1. The van der Waals surface area contributed by atoms with Crippen molar-refractivity contribution in [3.05, 3.63) is 29.8 Å². The van der Waals surface area contributed by atoms with Gasteiger partial charge in [0.15, 0.2) is 0 Å². The maximum absolute atomic E-state index is 13.3. The Bertz CT molecular complexity index is 1160. The molecule has 2 bridgehead atoms. The number of piperazine rings is 1. The molecule has 1 unspecified atom stereocenters. The Morgan fingerprint density at radius 2 is 2.21 bits per heavy atom. The summed E-state index contributed by atoms with van der Waals surface area (Å²) in [6.45, 7) is 3.07. The van der Waals surface area contributed by atoms with Crippen LogP contribution >= 0.6 is 0 Å². The van der Waals surface area contributed by atoms with Gasteiger partial charge >= 0.3 is 0 Å². The first-order chi connectivity index (χ1) is 16.5. The van der Waals surface area contributed by atoms with E-state index in [2.05, 4.69) is 31.6 Å². The van der Waals surface area contributed by atoms with Gasteiger partial charge in [0.1, 0.15) is 6.04 Å². The summed E-state index contributed by atoms with van der Waals surface area (Å²) in [6, 6.07) is 8.92. The highest BCUT2D eigenvalue weighted by molar-refractivity contribution is 5.87. The molecule has 3 aliphatic heterocycles. The van der Waals surface area contributed by atoms with Crippen molar-refractivity contribution >= 4 is 11.8 Å². The third-order valence-electron chi connectivity index (χ3n) is 7.96. The lowest BCUT2D eigenvalue weighted by molar-refractivity contribution is -0.141. The van der Waals surface area contributed by atoms with Gasteiger partial charge in [-0.3, -0.25) is 14.5 Å². The predicted molar refractivity (Wildman–Crippen MR) is 119 cm³/mol. The molecule has 3 saturated heterocycles. The molecule has 34 heavy (non-hydrogen) atoms. The molecule has 4 aliphatic rings. The number of H-pyrrole nitrogens is 1. The van der Waals surface area contributed by atoms with E-state index in [1.165, 1.54) is 0 Å². The van der Waals surface area contributed by atoms with Crippen LogP contribution in [0.3, 0.4) is 0 Å². The molecule has 1 saturated carbocycles. The van der Waals surface area contributed by atoms with Gasteiger partial charge in [0.2, 0.25) is 17.6 Å². The molecule has 1 aromatic carbocycles. The molecule has 11 heteroatoms. The number of aromatic nitrogens is 4. The number of nitrogens with two attached hydrogens (primary N) is 1. The molecule has 6 rings (SSSR count). The Balaban J connectivity index is 1.12. The fourth-order valence-corrected chi connectivity index (χ4v) is 6.19. The molecule has 1 aliphatic carbocycles. The number of amides is 2. The fraction of sp³-hybridized carbons (Fsp3) is 0.565. The summed E-state index contributed by atoms with van der Waals surface area (Å²) in [5.74, 6) is 0.892. The molecule has 0 spiro atoms. The average Bonchev–Trinajstić information content (AvgIpc) is 3.28. The first kappa shape index (κ1) is 21.2. The monoisotopic (exact) mass is 461 g/mol. The van der Waals surface area contributed by atoms with Gasteiger partial charge < -0.3 is 15.5 Å². The van der Waals surface area contributed by atoms with Crippen molar-refractivity contribution < 1.29 is 9.59 Å². The molecule has 7 atom stereocenters. The number of aromatic amines is 1. The standard InChI is InChI=1S/C23H27N9O2/c1-12(13-3-2-4-14(5-13)21-26-28-29-27-21)31-17-8-20(23(31)34)30(10-17)11-18(25)22(33)32-16(9-24)6-15-7-19(15)32/h2-5,12,15-20H,6-8,10-11,25H2,1H3,(H,26,27,28,29)/t12-,15+,16-,17+,18-,19?,20+/m0/s1. The molecule has 2 aromatic rings. The topological polar surface area (TPSA) is 148 Å². The summed E-state index contributed by atoms with van der Waals surface area (Å²) in [7, 11) is 0. The number of piperidine rings is 1. The number of likely N-dealkylation sites (tertiary alicyclic amines) is 3. The van der Waals surface area contributed by atoms with E-state index in [0.29, 0.717) is 24.8 Å². The number of carbonyl (C=O) groups excluding carboxylic acids is 2. The van der Waals surface area contributed by atoms with Crippen LogP contribution < -0.4 is 5.73 Å². The van der Waals surface area contributed by atoms with Crippen LogP contribution in [0.15, 0.2) is 24.3 Å². The highest BCUT2D eigenvalue weighted by Gasteiger charge is 2.56. The number of rotatable bonds is 6.